The van der Waals surface area contributed by atoms with Gasteiger partial charge in [0.25, 0.3) is 5.91 Å². The first-order valence-corrected chi connectivity index (χ1v) is 13.2. The number of anilines is 1. The molecule has 0 aliphatic rings. The van der Waals surface area contributed by atoms with E-state index in [1.807, 2.05) is 31.3 Å². The van der Waals surface area contributed by atoms with Gasteiger partial charge in [0.2, 0.25) is 0 Å². The summed E-state index contributed by atoms with van der Waals surface area (Å²) in [5.74, 6) is 0.179. The van der Waals surface area contributed by atoms with Crippen molar-refractivity contribution in [2.75, 3.05) is 12.3 Å². The minimum absolute atomic E-state index is 0.0852. The second-order valence-electron chi connectivity index (χ2n) is 9.80. The van der Waals surface area contributed by atoms with Gasteiger partial charge in [0.1, 0.15) is 0 Å². The van der Waals surface area contributed by atoms with Crippen LogP contribution in [0.1, 0.15) is 73.1 Å². The zero-order chi connectivity index (χ0) is 27.7. The maximum absolute atomic E-state index is 12.8. The predicted molar refractivity (Wildman–Crippen MR) is 159 cm³/mol. The van der Waals surface area contributed by atoms with E-state index < -0.39 is 0 Å². The summed E-state index contributed by atoms with van der Waals surface area (Å²) in [5, 5.41) is 13.4. The molecule has 0 spiro atoms. The Hall–Kier alpha value is -4.06. The highest BCUT2D eigenvalue weighted by atomic mass is 16.1. The van der Waals surface area contributed by atoms with Crippen molar-refractivity contribution < 1.29 is 4.79 Å². The van der Waals surface area contributed by atoms with Crippen LogP contribution in [0, 0.1) is 18.3 Å². The number of hydrogen-bond donors (Lipinski definition) is 3. The highest BCUT2D eigenvalue weighted by Crippen LogP contribution is 2.14. The number of benzene rings is 2. The van der Waals surface area contributed by atoms with Crippen molar-refractivity contribution in [2.45, 2.75) is 53.9 Å². The van der Waals surface area contributed by atoms with Crippen molar-refractivity contribution in [2.24, 2.45) is 10.9 Å². The Morgan fingerprint density at radius 2 is 1.89 bits per heavy atom. The van der Waals surface area contributed by atoms with Crippen LogP contribution in [0.2, 0.25) is 0 Å². The zero-order valence-corrected chi connectivity index (χ0v) is 23.1. The van der Waals surface area contributed by atoms with Gasteiger partial charge in [-0.25, -0.2) is 0 Å². The maximum atomic E-state index is 12.8. The standard InChI is InChI=1S/C32H39N5O/c1-6-8-26-11-10-24(15-27(26)19-36-23(5)22(4)7-2)14-25-16-28(18-35-17-25)32(38)37-20-31(34)29-13-21(3)9-12-30(29)33/h8-13,15-19,22,34H,6-7,14,20,33H2,1-5H3,(H,37,38)/b26-8+,27-19-,34-31?,36-23?. The van der Waals surface area contributed by atoms with E-state index in [-0.39, 0.29) is 18.2 Å². The second-order valence-corrected chi connectivity index (χ2v) is 9.80. The lowest BCUT2D eigenvalue weighted by atomic mass is 10.0. The number of rotatable bonds is 10. The highest BCUT2D eigenvalue weighted by Gasteiger charge is 2.11. The van der Waals surface area contributed by atoms with Crippen LogP contribution in [0.4, 0.5) is 5.69 Å². The molecule has 0 saturated heterocycles. The van der Waals surface area contributed by atoms with Crippen molar-refractivity contribution in [1.29, 1.82) is 5.41 Å². The molecule has 1 amide bonds. The Bertz CT molecular complexity index is 1450. The van der Waals surface area contributed by atoms with Crippen LogP contribution in [0.3, 0.4) is 0 Å². The molecule has 1 unspecified atom stereocenters. The van der Waals surface area contributed by atoms with Gasteiger partial charge in [-0.3, -0.25) is 14.8 Å². The largest absolute Gasteiger partial charge is 0.398 e. The molecule has 0 saturated carbocycles. The summed E-state index contributed by atoms with van der Waals surface area (Å²) in [5.41, 5.74) is 12.1. The third kappa shape index (κ3) is 7.72. The summed E-state index contributed by atoms with van der Waals surface area (Å²) < 4.78 is 0. The molecular weight excluding hydrogens is 470 g/mol. The molecule has 6 heteroatoms. The Balaban J connectivity index is 1.77. The van der Waals surface area contributed by atoms with Gasteiger partial charge < -0.3 is 16.5 Å². The number of aryl methyl sites for hydroxylation is 1. The van der Waals surface area contributed by atoms with Crippen LogP contribution in [-0.4, -0.2) is 28.9 Å². The Morgan fingerprint density at radius 1 is 1.11 bits per heavy atom. The van der Waals surface area contributed by atoms with Crippen LogP contribution in [0.15, 0.2) is 59.9 Å². The fraction of sp³-hybridized carbons (Fsp3) is 0.312. The average molecular weight is 510 g/mol. The van der Waals surface area contributed by atoms with Crippen molar-refractivity contribution >= 4 is 35.3 Å². The van der Waals surface area contributed by atoms with Gasteiger partial charge in [-0.2, -0.15) is 0 Å². The van der Waals surface area contributed by atoms with Crippen LogP contribution in [0.25, 0.3) is 12.3 Å². The number of amides is 1. The molecule has 0 aliphatic carbocycles. The minimum atomic E-state index is -0.271. The molecular formula is C32H39N5O. The van der Waals surface area contributed by atoms with E-state index in [2.05, 4.69) is 62.3 Å². The normalized spacial score (nSPS) is 13.4. The lowest BCUT2D eigenvalue weighted by Gasteiger charge is -2.10. The van der Waals surface area contributed by atoms with Gasteiger partial charge in [-0.15, -0.1) is 0 Å². The van der Waals surface area contributed by atoms with Crippen LogP contribution >= 0.6 is 0 Å². The summed E-state index contributed by atoms with van der Waals surface area (Å²) in [6.45, 7) is 10.6. The van der Waals surface area contributed by atoms with E-state index >= 15 is 0 Å². The molecule has 0 aliphatic heterocycles. The summed E-state index contributed by atoms with van der Waals surface area (Å²) in [6.07, 6.45) is 10.2. The molecule has 1 atom stereocenters. The number of nitrogens with two attached hydrogens (primary N) is 1. The van der Waals surface area contributed by atoms with E-state index in [1.165, 1.54) is 5.22 Å². The van der Waals surface area contributed by atoms with Crippen LogP contribution in [0.5, 0.6) is 0 Å². The average Bonchev–Trinajstić information content (AvgIpc) is 2.92. The first-order chi connectivity index (χ1) is 18.2. The fourth-order valence-corrected chi connectivity index (χ4v) is 4.09. The maximum Gasteiger partial charge on any atom is 0.253 e. The third-order valence-electron chi connectivity index (χ3n) is 6.73. The van der Waals surface area contributed by atoms with Gasteiger partial charge in [-0.1, -0.05) is 50.6 Å². The summed E-state index contributed by atoms with van der Waals surface area (Å²) in [6, 6.07) is 13.8. The molecule has 198 valence electrons. The predicted octanol–water partition coefficient (Wildman–Crippen LogP) is 4.80. The van der Waals surface area contributed by atoms with E-state index in [0.717, 1.165) is 40.5 Å². The first-order valence-electron chi connectivity index (χ1n) is 13.2. The number of aliphatic imine (C=N–C) groups is 1. The summed E-state index contributed by atoms with van der Waals surface area (Å²) >= 11 is 0. The molecule has 0 fully saturated rings. The monoisotopic (exact) mass is 509 g/mol. The van der Waals surface area contributed by atoms with Gasteiger partial charge in [0, 0.05) is 35.6 Å². The van der Waals surface area contributed by atoms with E-state index in [9.17, 15) is 4.79 Å². The molecule has 0 radical (unpaired) electrons. The summed E-state index contributed by atoms with van der Waals surface area (Å²) in [4.78, 5) is 21.9. The molecule has 1 aromatic heterocycles. The zero-order valence-electron chi connectivity index (χ0n) is 23.1. The number of pyridine rings is 1. The van der Waals surface area contributed by atoms with Crippen molar-refractivity contribution in [1.82, 2.24) is 10.3 Å². The Labute approximate surface area is 225 Å². The van der Waals surface area contributed by atoms with E-state index in [1.54, 1.807) is 18.5 Å². The molecule has 4 N–H and O–H groups in total. The van der Waals surface area contributed by atoms with Crippen LogP contribution < -0.4 is 21.5 Å². The van der Waals surface area contributed by atoms with Crippen molar-refractivity contribution in [3.63, 3.8) is 0 Å². The number of nitrogens with one attached hydrogen (secondary N) is 2. The molecule has 1 heterocycles. The first kappa shape index (κ1) is 28.5. The Morgan fingerprint density at radius 3 is 2.63 bits per heavy atom. The lowest BCUT2D eigenvalue weighted by molar-refractivity contribution is 0.0959. The van der Waals surface area contributed by atoms with Gasteiger partial charge in [0.15, 0.2) is 0 Å². The van der Waals surface area contributed by atoms with Crippen LogP contribution in [-0.2, 0) is 6.42 Å². The third-order valence-corrected chi connectivity index (χ3v) is 6.73. The number of hydrogen-bond acceptors (Lipinski definition) is 5. The molecule has 3 rings (SSSR count). The van der Waals surface area contributed by atoms with E-state index in [0.29, 0.717) is 29.2 Å². The molecule has 6 nitrogen and oxygen atoms in total. The lowest BCUT2D eigenvalue weighted by Crippen LogP contribution is -2.30. The molecule has 0 bridgehead atoms. The highest BCUT2D eigenvalue weighted by molar-refractivity contribution is 6.06. The van der Waals surface area contributed by atoms with Crippen molar-refractivity contribution in [3.8, 4) is 0 Å². The number of carbonyl (C=O) groups is 1. The van der Waals surface area contributed by atoms with E-state index in [4.69, 9.17) is 16.1 Å². The van der Waals surface area contributed by atoms with Gasteiger partial charge in [0.05, 0.1) is 17.8 Å². The molecule has 2 aromatic carbocycles. The minimum Gasteiger partial charge on any atom is -0.398 e. The number of nitrogens with zero attached hydrogens (tertiary/aromatic N) is 2. The topological polar surface area (TPSA) is 104 Å². The smallest absolute Gasteiger partial charge is 0.253 e. The fourth-order valence-electron chi connectivity index (χ4n) is 4.09. The summed E-state index contributed by atoms with van der Waals surface area (Å²) in [7, 11) is 0. The molecule has 3 aromatic rings. The SMILES string of the molecule is CC/C=c1\ccc(Cc2cncc(C(=O)NCC(=N)c3cc(C)ccc3N)c2)c\c1=C\N=C(C)C(C)CC. The number of nitrogen functional groups attached to an aromatic ring is 1. The van der Waals surface area contributed by atoms with Gasteiger partial charge in [-0.05, 0) is 84.9 Å². The Kier molecular flexibility index (Phi) is 10.1. The van der Waals surface area contributed by atoms with Gasteiger partial charge >= 0.3 is 0 Å². The second kappa shape index (κ2) is 13.5. The number of aromatic nitrogens is 1. The van der Waals surface area contributed by atoms with Crippen molar-refractivity contribution in [3.05, 3.63) is 93.1 Å². The molecule has 38 heavy (non-hydrogen) atoms. The quantitative estimate of drug-likeness (QED) is 0.270. The number of carbonyl (C=O) groups excluding carboxylic acids is 1.